The van der Waals surface area contributed by atoms with Crippen LogP contribution in [0, 0.1) is 0 Å². The van der Waals surface area contributed by atoms with Crippen molar-refractivity contribution in [3.8, 4) is 5.75 Å². The van der Waals surface area contributed by atoms with Gasteiger partial charge < -0.3 is 10.8 Å². The Morgan fingerprint density at radius 1 is 1.47 bits per heavy atom. The first-order chi connectivity index (χ1) is 7.25. The van der Waals surface area contributed by atoms with Crippen LogP contribution in [0.5, 0.6) is 5.75 Å². The van der Waals surface area contributed by atoms with Gasteiger partial charge in [-0.2, -0.15) is 4.37 Å². The zero-order chi connectivity index (χ0) is 10.7. The molecule has 0 fully saturated rings. The molecule has 2 aromatic rings. The lowest BCUT2D eigenvalue weighted by molar-refractivity contribution is 0.478. The van der Waals surface area contributed by atoms with Crippen molar-refractivity contribution in [3.05, 3.63) is 30.1 Å². The number of aromatic hydroxyl groups is 1. The summed E-state index contributed by atoms with van der Waals surface area (Å²) >= 11 is 2.97. The molecular formula is C9H9N3OS2. The minimum absolute atomic E-state index is 0.125. The number of thioether (sulfide) groups is 1. The van der Waals surface area contributed by atoms with Gasteiger partial charge in [0, 0.05) is 5.75 Å². The van der Waals surface area contributed by atoms with Crippen molar-refractivity contribution in [1.82, 2.24) is 9.36 Å². The molecule has 0 radical (unpaired) electrons. The average molecular weight is 239 g/mol. The summed E-state index contributed by atoms with van der Waals surface area (Å²) in [6.45, 7) is 0. The van der Waals surface area contributed by atoms with Gasteiger partial charge in [0.05, 0.1) is 5.69 Å². The molecule has 0 spiro atoms. The van der Waals surface area contributed by atoms with Crippen LogP contribution in [0.15, 0.2) is 28.9 Å². The van der Waals surface area contributed by atoms with Crippen LogP contribution in [0.3, 0.4) is 0 Å². The topological polar surface area (TPSA) is 72.0 Å². The van der Waals surface area contributed by atoms with Crippen LogP contribution in [-0.2, 0) is 5.75 Å². The van der Waals surface area contributed by atoms with Gasteiger partial charge in [-0.05, 0) is 29.2 Å². The van der Waals surface area contributed by atoms with E-state index in [2.05, 4.69) is 9.36 Å². The number of aromatic nitrogens is 2. The monoisotopic (exact) mass is 239 g/mol. The maximum absolute atomic E-state index is 9.24. The molecule has 0 aliphatic heterocycles. The number of rotatable bonds is 3. The first-order valence-electron chi connectivity index (χ1n) is 4.22. The number of hydrogen-bond acceptors (Lipinski definition) is 6. The highest BCUT2D eigenvalue weighted by Gasteiger charge is 2.01. The molecule has 1 aromatic carbocycles. The van der Waals surface area contributed by atoms with Gasteiger partial charge in [0.15, 0.2) is 4.34 Å². The number of anilines is 1. The Bertz CT molecular complexity index is 445. The third kappa shape index (κ3) is 2.60. The first kappa shape index (κ1) is 10.3. The Morgan fingerprint density at radius 2 is 2.33 bits per heavy atom. The van der Waals surface area contributed by atoms with Crippen molar-refractivity contribution in [2.24, 2.45) is 0 Å². The van der Waals surface area contributed by atoms with Gasteiger partial charge in [0.2, 0.25) is 0 Å². The molecule has 1 aromatic heterocycles. The van der Waals surface area contributed by atoms with Crippen LogP contribution in [0.2, 0.25) is 0 Å². The Kier molecular flexibility index (Phi) is 3.08. The van der Waals surface area contributed by atoms with Crippen LogP contribution < -0.4 is 5.73 Å². The molecule has 0 bridgehead atoms. The van der Waals surface area contributed by atoms with E-state index in [0.29, 0.717) is 5.69 Å². The van der Waals surface area contributed by atoms with Crippen LogP contribution in [-0.4, -0.2) is 14.5 Å². The first-order valence-corrected chi connectivity index (χ1v) is 5.98. The summed E-state index contributed by atoms with van der Waals surface area (Å²) in [5, 5.41) is 9.24. The summed E-state index contributed by atoms with van der Waals surface area (Å²) in [6, 6.07) is 5.22. The molecule has 0 atom stereocenters. The number of nitrogen functional groups attached to an aromatic ring is 1. The highest BCUT2D eigenvalue weighted by molar-refractivity contribution is 8.00. The SMILES string of the molecule is Nc1cc(CSc2ncns2)ccc1O. The molecule has 0 aliphatic rings. The maximum atomic E-state index is 9.24. The van der Waals surface area contributed by atoms with E-state index < -0.39 is 0 Å². The molecule has 0 aliphatic carbocycles. The number of nitrogens with two attached hydrogens (primary N) is 1. The number of hydrogen-bond donors (Lipinski definition) is 2. The third-order valence-electron chi connectivity index (χ3n) is 1.80. The molecule has 15 heavy (non-hydrogen) atoms. The molecule has 6 heteroatoms. The smallest absolute Gasteiger partial charge is 0.170 e. The fourth-order valence-electron chi connectivity index (χ4n) is 1.07. The van der Waals surface area contributed by atoms with Gasteiger partial charge in [-0.15, -0.1) is 0 Å². The Hall–Kier alpha value is -1.27. The lowest BCUT2D eigenvalue weighted by Gasteiger charge is -2.02. The molecule has 3 N–H and O–H groups in total. The number of nitrogens with zero attached hydrogens (tertiary/aromatic N) is 2. The van der Waals surface area contributed by atoms with Crippen molar-refractivity contribution in [2.75, 3.05) is 5.73 Å². The predicted molar refractivity (Wildman–Crippen MR) is 62.0 cm³/mol. The summed E-state index contributed by atoms with van der Waals surface area (Å²) in [7, 11) is 0. The van der Waals surface area contributed by atoms with Crippen molar-refractivity contribution >= 4 is 29.0 Å². The van der Waals surface area contributed by atoms with Gasteiger partial charge >= 0.3 is 0 Å². The highest BCUT2D eigenvalue weighted by atomic mass is 32.2. The van der Waals surface area contributed by atoms with E-state index in [1.807, 2.05) is 6.07 Å². The Morgan fingerprint density at radius 3 is 3.00 bits per heavy atom. The highest BCUT2D eigenvalue weighted by Crippen LogP contribution is 2.26. The summed E-state index contributed by atoms with van der Waals surface area (Å²) in [4.78, 5) is 4.06. The quantitative estimate of drug-likeness (QED) is 0.487. The standard InChI is InChI=1S/C9H9N3OS2/c10-7-3-6(1-2-8(7)13)4-14-9-11-5-12-15-9/h1-3,5,13H,4,10H2. The van der Waals surface area contributed by atoms with Crippen molar-refractivity contribution in [1.29, 1.82) is 0 Å². The number of benzene rings is 1. The van der Waals surface area contributed by atoms with E-state index in [1.54, 1.807) is 23.9 Å². The van der Waals surface area contributed by atoms with Crippen LogP contribution in [0.1, 0.15) is 5.56 Å². The minimum atomic E-state index is 0.125. The molecular weight excluding hydrogens is 230 g/mol. The largest absolute Gasteiger partial charge is 0.506 e. The van der Waals surface area contributed by atoms with E-state index in [-0.39, 0.29) is 5.75 Å². The lowest BCUT2D eigenvalue weighted by Crippen LogP contribution is -1.88. The maximum Gasteiger partial charge on any atom is 0.170 e. The summed E-state index contributed by atoms with van der Waals surface area (Å²) in [5.41, 5.74) is 7.05. The molecule has 78 valence electrons. The number of phenols is 1. The van der Waals surface area contributed by atoms with Gasteiger partial charge in [-0.1, -0.05) is 17.8 Å². The van der Waals surface area contributed by atoms with E-state index in [9.17, 15) is 5.11 Å². The molecule has 0 amide bonds. The second-order valence-electron chi connectivity index (χ2n) is 2.89. The lowest BCUT2D eigenvalue weighted by atomic mass is 10.2. The van der Waals surface area contributed by atoms with Gasteiger partial charge in [-0.3, -0.25) is 0 Å². The van der Waals surface area contributed by atoms with Crippen LogP contribution >= 0.6 is 23.3 Å². The summed E-state index contributed by atoms with van der Waals surface area (Å²) in [6.07, 6.45) is 1.54. The Balaban J connectivity index is 2.02. The van der Waals surface area contributed by atoms with E-state index in [1.165, 1.54) is 17.9 Å². The molecule has 0 unspecified atom stereocenters. The Labute approximate surface area is 95.3 Å². The van der Waals surface area contributed by atoms with Crippen molar-refractivity contribution in [2.45, 2.75) is 10.1 Å². The van der Waals surface area contributed by atoms with E-state index in [0.717, 1.165) is 15.7 Å². The van der Waals surface area contributed by atoms with Gasteiger partial charge in [-0.25, -0.2) is 4.98 Å². The van der Waals surface area contributed by atoms with Gasteiger partial charge in [0.25, 0.3) is 0 Å². The molecule has 4 nitrogen and oxygen atoms in total. The molecule has 2 rings (SSSR count). The zero-order valence-corrected chi connectivity index (χ0v) is 9.38. The van der Waals surface area contributed by atoms with Crippen molar-refractivity contribution < 1.29 is 5.11 Å². The number of phenolic OH excluding ortho intramolecular Hbond substituents is 1. The fraction of sp³-hybridized carbons (Fsp3) is 0.111. The normalized spacial score (nSPS) is 10.4. The zero-order valence-electron chi connectivity index (χ0n) is 7.75. The van der Waals surface area contributed by atoms with Crippen LogP contribution in [0.25, 0.3) is 0 Å². The summed E-state index contributed by atoms with van der Waals surface area (Å²) < 4.78 is 4.84. The third-order valence-corrected chi connectivity index (χ3v) is 3.66. The molecule has 1 heterocycles. The average Bonchev–Trinajstić information content (AvgIpc) is 2.73. The summed E-state index contributed by atoms with van der Waals surface area (Å²) in [5.74, 6) is 0.902. The second-order valence-corrected chi connectivity index (χ2v) is 4.89. The van der Waals surface area contributed by atoms with E-state index in [4.69, 9.17) is 5.73 Å². The van der Waals surface area contributed by atoms with E-state index >= 15 is 0 Å². The second kappa shape index (κ2) is 4.50. The predicted octanol–water partition coefficient (Wildman–Crippen LogP) is 2.12. The van der Waals surface area contributed by atoms with Gasteiger partial charge in [0.1, 0.15) is 12.1 Å². The van der Waals surface area contributed by atoms with Crippen LogP contribution in [0.4, 0.5) is 5.69 Å². The minimum Gasteiger partial charge on any atom is -0.506 e. The fourth-order valence-corrected chi connectivity index (χ4v) is 2.45. The molecule has 0 saturated carbocycles. The molecule has 0 saturated heterocycles. The van der Waals surface area contributed by atoms with Crippen molar-refractivity contribution in [3.63, 3.8) is 0 Å².